The fourth-order valence-corrected chi connectivity index (χ4v) is 1.80. The molecule has 15 heavy (non-hydrogen) atoms. The lowest BCUT2D eigenvalue weighted by molar-refractivity contribution is 0.498. The van der Waals surface area contributed by atoms with E-state index in [1.807, 2.05) is 6.07 Å². The summed E-state index contributed by atoms with van der Waals surface area (Å²) in [7, 11) is 0. The molecule has 1 aliphatic rings. The Balaban J connectivity index is 1.85. The van der Waals surface area contributed by atoms with Crippen LogP contribution in [0.2, 0.25) is 0 Å². The Kier molecular flexibility index (Phi) is 3.12. The zero-order valence-corrected chi connectivity index (χ0v) is 10.4. The molecule has 0 heterocycles. The average molecular weight is 272 g/mol. The highest BCUT2D eigenvalue weighted by Crippen LogP contribution is 2.44. The highest BCUT2D eigenvalue weighted by Gasteiger charge is 2.36. The van der Waals surface area contributed by atoms with Gasteiger partial charge in [0, 0.05) is 13.1 Å². The van der Waals surface area contributed by atoms with E-state index < -0.39 is 0 Å². The predicted octanol–water partition coefficient (Wildman–Crippen LogP) is 3.48. The third-order valence-corrected chi connectivity index (χ3v) is 3.61. The molecular formula is C12H15BrFN. The molecular weight excluding hydrogens is 257 g/mol. The molecule has 1 aromatic rings. The Morgan fingerprint density at radius 3 is 2.80 bits per heavy atom. The van der Waals surface area contributed by atoms with E-state index in [0.717, 1.165) is 18.7 Å². The zero-order chi connectivity index (χ0) is 10.9. The molecule has 1 nitrogen and oxygen atoms in total. The van der Waals surface area contributed by atoms with Crippen molar-refractivity contribution in [2.45, 2.75) is 26.3 Å². The summed E-state index contributed by atoms with van der Waals surface area (Å²) in [6.45, 7) is 4.06. The van der Waals surface area contributed by atoms with E-state index in [2.05, 4.69) is 28.2 Å². The van der Waals surface area contributed by atoms with Crippen LogP contribution in [0, 0.1) is 11.2 Å². The van der Waals surface area contributed by atoms with E-state index in [0.29, 0.717) is 9.89 Å². The third-order valence-electron chi connectivity index (χ3n) is 2.97. The SMILES string of the molecule is CC1(CNCc2ccc(Br)c(F)c2)CC1. The molecule has 0 spiro atoms. The van der Waals surface area contributed by atoms with Crippen LogP contribution in [0.4, 0.5) is 4.39 Å². The molecule has 82 valence electrons. The molecule has 0 aromatic heterocycles. The van der Waals surface area contributed by atoms with Crippen molar-refractivity contribution in [3.8, 4) is 0 Å². The Bertz CT molecular complexity index is 361. The van der Waals surface area contributed by atoms with Gasteiger partial charge in [-0.2, -0.15) is 0 Å². The quantitative estimate of drug-likeness (QED) is 0.884. The standard InChI is InChI=1S/C12H15BrFN/c1-12(4-5-12)8-15-7-9-2-3-10(13)11(14)6-9/h2-3,6,15H,4-5,7-8H2,1H3. The molecule has 1 aromatic carbocycles. The van der Waals surface area contributed by atoms with Crippen LogP contribution in [-0.2, 0) is 6.54 Å². The third kappa shape index (κ3) is 3.02. The van der Waals surface area contributed by atoms with E-state index in [1.165, 1.54) is 12.8 Å². The molecule has 0 saturated heterocycles. The van der Waals surface area contributed by atoms with Gasteiger partial charge in [0.15, 0.2) is 0 Å². The molecule has 0 atom stereocenters. The molecule has 0 bridgehead atoms. The molecule has 2 rings (SSSR count). The predicted molar refractivity (Wildman–Crippen MR) is 63.1 cm³/mol. The minimum absolute atomic E-state index is 0.188. The van der Waals surface area contributed by atoms with Gasteiger partial charge in [0.05, 0.1) is 4.47 Å². The molecule has 1 N–H and O–H groups in total. The highest BCUT2D eigenvalue weighted by molar-refractivity contribution is 9.10. The van der Waals surface area contributed by atoms with Crippen LogP contribution >= 0.6 is 15.9 Å². The molecule has 0 radical (unpaired) electrons. The fraction of sp³-hybridized carbons (Fsp3) is 0.500. The van der Waals surface area contributed by atoms with Crippen molar-refractivity contribution in [1.82, 2.24) is 5.32 Å². The lowest BCUT2D eigenvalue weighted by Crippen LogP contribution is -2.21. The summed E-state index contributed by atoms with van der Waals surface area (Å²) in [6, 6.07) is 5.27. The van der Waals surface area contributed by atoms with Crippen LogP contribution in [0.1, 0.15) is 25.3 Å². The lowest BCUT2D eigenvalue weighted by atomic mass is 10.1. The Labute approximate surface area is 98.2 Å². The van der Waals surface area contributed by atoms with Gasteiger partial charge in [-0.1, -0.05) is 13.0 Å². The minimum atomic E-state index is -0.188. The van der Waals surface area contributed by atoms with Crippen LogP contribution in [0.25, 0.3) is 0 Å². The zero-order valence-electron chi connectivity index (χ0n) is 8.82. The highest BCUT2D eigenvalue weighted by atomic mass is 79.9. The van der Waals surface area contributed by atoms with E-state index in [-0.39, 0.29) is 5.82 Å². The summed E-state index contributed by atoms with van der Waals surface area (Å²) in [6.07, 6.45) is 2.63. The topological polar surface area (TPSA) is 12.0 Å². The van der Waals surface area contributed by atoms with Gasteiger partial charge in [0.1, 0.15) is 5.82 Å². The normalized spacial score (nSPS) is 17.8. The van der Waals surface area contributed by atoms with Crippen LogP contribution in [0.15, 0.2) is 22.7 Å². The van der Waals surface area contributed by atoms with Crippen LogP contribution in [0.5, 0.6) is 0 Å². The number of hydrogen-bond acceptors (Lipinski definition) is 1. The van der Waals surface area contributed by atoms with Crippen molar-refractivity contribution in [2.75, 3.05) is 6.54 Å². The number of benzene rings is 1. The molecule has 1 aliphatic carbocycles. The largest absolute Gasteiger partial charge is 0.312 e. The fourth-order valence-electron chi connectivity index (χ4n) is 1.55. The van der Waals surface area contributed by atoms with Crippen molar-refractivity contribution < 1.29 is 4.39 Å². The summed E-state index contributed by atoms with van der Waals surface area (Å²) < 4.78 is 13.7. The summed E-state index contributed by atoms with van der Waals surface area (Å²) >= 11 is 3.14. The first-order valence-electron chi connectivity index (χ1n) is 5.24. The number of rotatable bonds is 4. The molecule has 1 saturated carbocycles. The van der Waals surface area contributed by atoms with Gasteiger partial charge in [-0.05, 0) is 51.9 Å². The molecule has 1 fully saturated rings. The number of nitrogens with one attached hydrogen (secondary N) is 1. The van der Waals surface area contributed by atoms with E-state index in [1.54, 1.807) is 12.1 Å². The summed E-state index contributed by atoms with van der Waals surface area (Å²) in [5.41, 5.74) is 1.51. The smallest absolute Gasteiger partial charge is 0.137 e. The monoisotopic (exact) mass is 271 g/mol. The Hall–Kier alpha value is -0.410. The first-order valence-corrected chi connectivity index (χ1v) is 6.03. The van der Waals surface area contributed by atoms with E-state index >= 15 is 0 Å². The first kappa shape index (κ1) is 11.1. The second kappa shape index (κ2) is 4.22. The van der Waals surface area contributed by atoms with Gasteiger partial charge in [-0.3, -0.25) is 0 Å². The van der Waals surface area contributed by atoms with Crippen LogP contribution in [0.3, 0.4) is 0 Å². The van der Waals surface area contributed by atoms with Gasteiger partial charge in [-0.25, -0.2) is 4.39 Å². The summed E-state index contributed by atoms with van der Waals surface area (Å²) in [5.74, 6) is -0.188. The average Bonchev–Trinajstić information content (AvgIpc) is 2.90. The van der Waals surface area contributed by atoms with E-state index in [4.69, 9.17) is 0 Å². The van der Waals surface area contributed by atoms with Gasteiger partial charge in [0.2, 0.25) is 0 Å². The second-order valence-corrected chi connectivity index (χ2v) is 5.52. The van der Waals surface area contributed by atoms with Crippen molar-refractivity contribution in [3.05, 3.63) is 34.1 Å². The molecule has 3 heteroatoms. The Morgan fingerprint density at radius 2 is 2.20 bits per heavy atom. The first-order chi connectivity index (χ1) is 7.09. The van der Waals surface area contributed by atoms with Crippen molar-refractivity contribution in [3.63, 3.8) is 0 Å². The van der Waals surface area contributed by atoms with Crippen LogP contribution < -0.4 is 5.32 Å². The van der Waals surface area contributed by atoms with E-state index in [9.17, 15) is 4.39 Å². The lowest BCUT2D eigenvalue weighted by Gasteiger charge is -2.10. The second-order valence-electron chi connectivity index (χ2n) is 4.66. The van der Waals surface area contributed by atoms with Gasteiger partial charge >= 0.3 is 0 Å². The summed E-state index contributed by atoms with van der Waals surface area (Å²) in [5, 5.41) is 3.37. The molecule has 0 aliphatic heterocycles. The Morgan fingerprint density at radius 1 is 1.47 bits per heavy atom. The molecule has 0 unspecified atom stereocenters. The van der Waals surface area contributed by atoms with Crippen LogP contribution in [-0.4, -0.2) is 6.54 Å². The van der Waals surface area contributed by atoms with Crippen molar-refractivity contribution in [1.29, 1.82) is 0 Å². The maximum absolute atomic E-state index is 13.2. The number of hydrogen-bond donors (Lipinski definition) is 1. The van der Waals surface area contributed by atoms with Gasteiger partial charge in [0.25, 0.3) is 0 Å². The number of halogens is 2. The molecule has 0 amide bonds. The van der Waals surface area contributed by atoms with Crippen molar-refractivity contribution >= 4 is 15.9 Å². The maximum atomic E-state index is 13.2. The maximum Gasteiger partial charge on any atom is 0.137 e. The minimum Gasteiger partial charge on any atom is -0.312 e. The summed E-state index contributed by atoms with van der Waals surface area (Å²) in [4.78, 5) is 0. The van der Waals surface area contributed by atoms with Gasteiger partial charge in [-0.15, -0.1) is 0 Å². The van der Waals surface area contributed by atoms with Crippen molar-refractivity contribution in [2.24, 2.45) is 5.41 Å². The van der Waals surface area contributed by atoms with Gasteiger partial charge < -0.3 is 5.32 Å².